The maximum atomic E-state index is 11.6. The predicted molar refractivity (Wildman–Crippen MR) is 79.3 cm³/mol. The lowest BCUT2D eigenvalue weighted by molar-refractivity contribution is -0.139. The Morgan fingerprint density at radius 1 is 1.30 bits per heavy atom. The Hall–Kier alpha value is -2.15. The van der Waals surface area contributed by atoms with Crippen LogP contribution in [0.15, 0.2) is 24.3 Å². The van der Waals surface area contributed by atoms with E-state index in [0.29, 0.717) is 0 Å². The lowest BCUT2D eigenvalue weighted by Gasteiger charge is -2.14. The van der Waals surface area contributed by atoms with Gasteiger partial charge in [-0.2, -0.15) is 0 Å². The Labute approximate surface area is 122 Å². The van der Waals surface area contributed by atoms with Crippen molar-refractivity contribution in [1.29, 1.82) is 0 Å². The van der Waals surface area contributed by atoms with Gasteiger partial charge in [0.2, 0.25) is 0 Å². The van der Waals surface area contributed by atoms with Crippen molar-refractivity contribution in [3.63, 3.8) is 0 Å². The minimum absolute atomic E-state index is 0.00148. The van der Waals surface area contributed by atoms with Crippen LogP contribution < -0.4 is 21.1 Å². The van der Waals surface area contributed by atoms with E-state index >= 15 is 0 Å². The zero-order valence-corrected chi connectivity index (χ0v) is 12.1. The Morgan fingerprint density at radius 2 is 1.90 bits per heavy atom. The van der Waals surface area contributed by atoms with Crippen molar-refractivity contribution >= 4 is 29.0 Å². The Bertz CT molecular complexity index is 502. The monoisotopic (exact) mass is 295 g/mol. The van der Waals surface area contributed by atoms with E-state index in [9.17, 15) is 9.59 Å². The number of nitrogens with two attached hydrogens (primary N) is 1. The number of methoxy groups -OCH3 is 1. The van der Waals surface area contributed by atoms with Crippen molar-refractivity contribution < 1.29 is 14.3 Å². The highest BCUT2D eigenvalue weighted by Gasteiger charge is 2.16. The van der Waals surface area contributed by atoms with Gasteiger partial charge in [0.05, 0.1) is 24.7 Å². The van der Waals surface area contributed by atoms with Gasteiger partial charge in [-0.25, -0.2) is 0 Å². The molecule has 0 spiro atoms. The molecule has 7 heteroatoms. The first-order valence-corrected chi connectivity index (χ1v) is 6.35. The fourth-order valence-corrected chi connectivity index (χ4v) is 1.56. The summed E-state index contributed by atoms with van der Waals surface area (Å²) in [6, 6.07) is 6.90. The minimum Gasteiger partial charge on any atom is -0.497 e. The van der Waals surface area contributed by atoms with Crippen molar-refractivity contribution in [2.24, 2.45) is 5.73 Å². The van der Waals surface area contributed by atoms with E-state index in [1.54, 1.807) is 26.2 Å². The molecule has 0 aliphatic heterocycles. The van der Waals surface area contributed by atoms with E-state index in [0.717, 1.165) is 11.3 Å². The van der Waals surface area contributed by atoms with Crippen LogP contribution in [0.2, 0.25) is 0 Å². The number of hydrogen-bond acceptors (Lipinski definition) is 4. The largest absolute Gasteiger partial charge is 0.497 e. The van der Waals surface area contributed by atoms with E-state index in [4.69, 9.17) is 10.5 Å². The standard InChI is InChI=1S/C13H17N3O3S/c1-8(9-3-5-10(19-2)6-4-9)16-13(18)12(17)15-7-11(14)20/h3-6,8H,7H2,1-2H3,(H2,14,20)(H,15,17)(H,16,18). The van der Waals surface area contributed by atoms with Gasteiger partial charge in [-0.15, -0.1) is 0 Å². The van der Waals surface area contributed by atoms with Crippen LogP contribution in [0.1, 0.15) is 18.5 Å². The highest BCUT2D eigenvalue weighted by Crippen LogP contribution is 2.16. The number of hydrogen-bond donors (Lipinski definition) is 3. The maximum absolute atomic E-state index is 11.6. The summed E-state index contributed by atoms with van der Waals surface area (Å²) < 4.78 is 5.05. The normalized spacial score (nSPS) is 11.3. The molecule has 0 aliphatic rings. The second-order valence-electron chi connectivity index (χ2n) is 4.12. The average Bonchev–Trinajstić information content (AvgIpc) is 2.44. The third-order valence-corrected chi connectivity index (χ3v) is 2.74. The molecule has 0 saturated carbocycles. The zero-order valence-electron chi connectivity index (χ0n) is 11.3. The number of carbonyl (C=O) groups excluding carboxylic acids is 2. The van der Waals surface area contributed by atoms with Crippen molar-refractivity contribution in [3.05, 3.63) is 29.8 Å². The summed E-state index contributed by atoms with van der Waals surface area (Å²) in [5.41, 5.74) is 6.10. The molecule has 0 aliphatic carbocycles. The molecule has 0 saturated heterocycles. The molecule has 1 aromatic carbocycles. The molecule has 0 fully saturated rings. The van der Waals surface area contributed by atoms with Gasteiger partial charge in [-0.05, 0) is 24.6 Å². The maximum Gasteiger partial charge on any atom is 0.309 e. The van der Waals surface area contributed by atoms with Crippen molar-refractivity contribution in [1.82, 2.24) is 10.6 Å². The summed E-state index contributed by atoms with van der Waals surface area (Å²) >= 11 is 4.61. The molecule has 1 atom stereocenters. The van der Waals surface area contributed by atoms with Gasteiger partial charge in [-0.1, -0.05) is 24.4 Å². The van der Waals surface area contributed by atoms with Gasteiger partial charge in [0.25, 0.3) is 0 Å². The van der Waals surface area contributed by atoms with Gasteiger partial charge in [0, 0.05) is 0 Å². The van der Waals surface area contributed by atoms with Crippen molar-refractivity contribution in [2.75, 3.05) is 13.7 Å². The van der Waals surface area contributed by atoms with Crippen LogP contribution in [0.4, 0.5) is 0 Å². The summed E-state index contributed by atoms with van der Waals surface area (Å²) in [5.74, 6) is -0.774. The lowest BCUT2D eigenvalue weighted by atomic mass is 10.1. The number of ether oxygens (including phenoxy) is 1. The number of rotatable bonds is 5. The first-order valence-electron chi connectivity index (χ1n) is 5.95. The topological polar surface area (TPSA) is 93.4 Å². The fourth-order valence-electron chi connectivity index (χ4n) is 1.49. The summed E-state index contributed by atoms with van der Waals surface area (Å²) in [6.45, 7) is 1.78. The predicted octanol–water partition coefficient (Wildman–Crippen LogP) is 0.275. The van der Waals surface area contributed by atoms with E-state index in [2.05, 4.69) is 22.9 Å². The van der Waals surface area contributed by atoms with Crippen molar-refractivity contribution in [2.45, 2.75) is 13.0 Å². The van der Waals surface area contributed by atoms with Gasteiger partial charge >= 0.3 is 11.8 Å². The van der Waals surface area contributed by atoms with Crippen LogP contribution in [-0.2, 0) is 9.59 Å². The molecular formula is C13H17N3O3S. The smallest absolute Gasteiger partial charge is 0.309 e. The van der Waals surface area contributed by atoms with E-state index in [1.807, 2.05) is 12.1 Å². The van der Waals surface area contributed by atoms with E-state index in [-0.39, 0.29) is 17.6 Å². The molecule has 1 unspecified atom stereocenters. The summed E-state index contributed by atoms with van der Waals surface area (Å²) in [6.07, 6.45) is 0. The van der Waals surface area contributed by atoms with Crippen LogP contribution in [0, 0.1) is 0 Å². The van der Waals surface area contributed by atoms with Crippen LogP contribution in [0.5, 0.6) is 5.75 Å². The highest BCUT2D eigenvalue weighted by molar-refractivity contribution is 7.80. The summed E-state index contributed by atoms with van der Waals surface area (Å²) in [7, 11) is 1.58. The Kier molecular flexibility index (Phi) is 5.92. The molecule has 4 N–H and O–H groups in total. The van der Waals surface area contributed by atoms with Crippen LogP contribution in [0.3, 0.4) is 0 Å². The molecular weight excluding hydrogens is 278 g/mol. The molecule has 0 bridgehead atoms. The Morgan fingerprint density at radius 3 is 2.40 bits per heavy atom. The zero-order chi connectivity index (χ0) is 15.1. The third-order valence-electron chi connectivity index (χ3n) is 2.59. The fraction of sp³-hybridized carbons (Fsp3) is 0.308. The number of amides is 2. The second kappa shape index (κ2) is 7.44. The number of carbonyl (C=O) groups is 2. The molecule has 20 heavy (non-hydrogen) atoms. The first-order chi connectivity index (χ1) is 9.43. The molecule has 108 valence electrons. The first kappa shape index (κ1) is 15.9. The molecule has 0 aromatic heterocycles. The van der Waals surface area contributed by atoms with Crippen LogP contribution >= 0.6 is 12.2 Å². The summed E-state index contributed by atoms with van der Waals surface area (Å²) in [4.78, 5) is 23.2. The van der Waals surface area contributed by atoms with Gasteiger partial charge in [0.15, 0.2) is 0 Å². The van der Waals surface area contributed by atoms with Gasteiger partial charge < -0.3 is 21.1 Å². The van der Waals surface area contributed by atoms with Crippen LogP contribution in [-0.4, -0.2) is 30.5 Å². The third kappa shape index (κ3) is 4.85. The average molecular weight is 295 g/mol. The van der Waals surface area contributed by atoms with E-state index < -0.39 is 11.8 Å². The molecule has 1 aromatic rings. The highest BCUT2D eigenvalue weighted by atomic mass is 32.1. The molecule has 1 rings (SSSR count). The SMILES string of the molecule is COc1ccc(C(C)NC(=O)C(=O)NCC(N)=S)cc1. The molecule has 6 nitrogen and oxygen atoms in total. The molecule has 2 amide bonds. The quantitative estimate of drug-likeness (QED) is 0.536. The van der Waals surface area contributed by atoms with Crippen LogP contribution in [0.25, 0.3) is 0 Å². The van der Waals surface area contributed by atoms with Gasteiger partial charge in [-0.3, -0.25) is 9.59 Å². The Balaban J connectivity index is 2.55. The van der Waals surface area contributed by atoms with E-state index in [1.165, 1.54) is 0 Å². The molecule has 0 heterocycles. The number of thiocarbonyl (C=S) groups is 1. The van der Waals surface area contributed by atoms with Gasteiger partial charge in [0.1, 0.15) is 5.75 Å². The second-order valence-corrected chi connectivity index (χ2v) is 4.64. The lowest BCUT2D eigenvalue weighted by Crippen LogP contribution is -2.43. The van der Waals surface area contributed by atoms with Crippen molar-refractivity contribution in [3.8, 4) is 5.75 Å². The number of nitrogens with one attached hydrogen (secondary N) is 2. The molecule has 0 radical (unpaired) electrons. The number of benzene rings is 1. The summed E-state index contributed by atoms with van der Waals surface area (Å²) in [5, 5.41) is 4.90. The minimum atomic E-state index is -0.766.